The molecular formula is C23H31N5O4. The molecule has 2 amide bonds. The van der Waals surface area contributed by atoms with Crippen LogP contribution in [0.4, 0.5) is 0 Å². The Morgan fingerprint density at radius 3 is 2.56 bits per heavy atom. The number of amides is 2. The van der Waals surface area contributed by atoms with Crippen LogP contribution in [0.1, 0.15) is 51.4 Å². The molecule has 1 atom stereocenters. The monoisotopic (exact) mass is 441 g/mol. The number of benzene rings is 1. The third kappa shape index (κ3) is 5.33. The number of fused-ring (bicyclic) bond motifs is 1. The maximum absolute atomic E-state index is 13.2. The molecule has 0 saturated carbocycles. The lowest BCUT2D eigenvalue weighted by Crippen LogP contribution is -2.49. The molecular weight excluding hydrogens is 410 g/mol. The van der Waals surface area contributed by atoms with Crippen LogP contribution in [0.5, 0.6) is 0 Å². The lowest BCUT2D eigenvalue weighted by atomic mass is 9.99. The zero-order chi connectivity index (χ0) is 23.1. The summed E-state index contributed by atoms with van der Waals surface area (Å²) in [4.78, 5) is 42.3. The van der Waals surface area contributed by atoms with E-state index in [0.717, 1.165) is 30.7 Å². The molecule has 1 N–H and O–H groups in total. The van der Waals surface area contributed by atoms with Gasteiger partial charge in [0.05, 0.1) is 19.1 Å². The summed E-state index contributed by atoms with van der Waals surface area (Å²) in [7, 11) is 0. The van der Waals surface area contributed by atoms with Gasteiger partial charge in [0.15, 0.2) is 11.6 Å². The van der Waals surface area contributed by atoms with Crippen molar-refractivity contribution in [2.45, 2.75) is 52.1 Å². The zero-order valence-electron chi connectivity index (χ0n) is 18.7. The van der Waals surface area contributed by atoms with Gasteiger partial charge in [0.1, 0.15) is 0 Å². The number of likely N-dealkylation sites (tertiary alicyclic amines) is 1. The molecule has 2 aromatic rings. The molecule has 0 radical (unpaired) electrons. The molecule has 3 heterocycles. The van der Waals surface area contributed by atoms with E-state index in [9.17, 15) is 9.59 Å². The van der Waals surface area contributed by atoms with E-state index in [0.29, 0.717) is 31.9 Å². The normalized spacial score (nSPS) is 18.5. The summed E-state index contributed by atoms with van der Waals surface area (Å²) in [6, 6.07) is 9.79. The van der Waals surface area contributed by atoms with Gasteiger partial charge in [-0.15, -0.1) is 0 Å². The number of aromatic nitrogens is 3. The Morgan fingerprint density at radius 1 is 1.16 bits per heavy atom. The van der Waals surface area contributed by atoms with E-state index in [1.54, 1.807) is 4.90 Å². The highest BCUT2D eigenvalue weighted by molar-refractivity contribution is 5.85. The van der Waals surface area contributed by atoms with Crippen LogP contribution in [0.15, 0.2) is 30.3 Å². The molecule has 4 rings (SSSR count). The Labute approximate surface area is 188 Å². The number of hydrogen-bond donors (Lipinski definition) is 1. The number of nitrogens with zero attached hydrogens (tertiary/aromatic N) is 5. The first-order valence-electron chi connectivity index (χ1n) is 11.1. The van der Waals surface area contributed by atoms with E-state index >= 15 is 0 Å². The Morgan fingerprint density at radius 2 is 1.88 bits per heavy atom. The van der Waals surface area contributed by atoms with E-state index in [4.69, 9.17) is 20.0 Å². The van der Waals surface area contributed by atoms with Crippen molar-refractivity contribution in [2.24, 2.45) is 5.92 Å². The zero-order valence-corrected chi connectivity index (χ0v) is 18.7. The first kappa shape index (κ1) is 23.4. The van der Waals surface area contributed by atoms with E-state index in [1.165, 1.54) is 0 Å². The van der Waals surface area contributed by atoms with Gasteiger partial charge in [-0.1, -0.05) is 50.6 Å². The summed E-state index contributed by atoms with van der Waals surface area (Å²) < 4.78 is 1.94. The maximum Gasteiger partial charge on any atom is 0.290 e. The van der Waals surface area contributed by atoms with Crippen LogP contribution in [0.3, 0.4) is 0 Å². The van der Waals surface area contributed by atoms with Gasteiger partial charge in [0.25, 0.3) is 6.47 Å². The second kappa shape index (κ2) is 10.9. The van der Waals surface area contributed by atoms with Crippen LogP contribution in [0.25, 0.3) is 11.4 Å². The number of rotatable bonds is 4. The van der Waals surface area contributed by atoms with E-state index in [2.05, 4.69) is 13.8 Å². The smallest absolute Gasteiger partial charge is 0.290 e. The van der Waals surface area contributed by atoms with Crippen LogP contribution in [-0.2, 0) is 20.9 Å². The van der Waals surface area contributed by atoms with Gasteiger partial charge in [0, 0.05) is 25.1 Å². The molecule has 0 unspecified atom stereocenters. The third-order valence-electron chi connectivity index (χ3n) is 5.83. The Hall–Kier alpha value is -3.23. The fraction of sp³-hybridized carbons (Fsp3) is 0.522. The first-order valence-corrected chi connectivity index (χ1v) is 11.1. The first-order chi connectivity index (χ1) is 15.5. The number of carboxylic acid groups (broad SMARTS) is 1. The minimum atomic E-state index is -0.250. The SMILES string of the molecule is CC(C)[C@H]1c2nc(-c3ccccc3)nn2CCN1C(=O)CN1CCCCCC1=O.O=CO. The van der Waals surface area contributed by atoms with Crippen molar-refractivity contribution in [2.75, 3.05) is 19.6 Å². The minimum absolute atomic E-state index is 0.00876. The summed E-state index contributed by atoms with van der Waals surface area (Å²) in [5.41, 5.74) is 0.977. The average Bonchev–Trinajstić information content (AvgIpc) is 3.12. The minimum Gasteiger partial charge on any atom is -0.483 e. The molecule has 1 aromatic heterocycles. The van der Waals surface area contributed by atoms with Crippen molar-refractivity contribution >= 4 is 18.3 Å². The van der Waals surface area contributed by atoms with E-state index in [1.807, 2.05) is 39.9 Å². The highest BCUT2D eigenvalue weighted by Crippen LogP contribution is 2.32. The molecule has 0 aliphatic carbocycles. The molecule has 1 saturated heterocycles. The van der Waals surface area contributed by atoms with Gasteiger partial charge in [-0.25, -0.2) is 9.67 Å². The van der Waals surface area contributed by atoms with Crippen molar-refractivity contribution < 1.29 is 19.5 Å². The Balaban J connectivity index is 0.000000913. The van der Waals surface area contributed by atoms with Crippen molar-refractivity contribution in [3.63, 3.8) is 0 Å². The lowest BCUT2D eigenvalue weighted by Gasteiger charge is -2.38. The predicted octanol–water partition coefficient (Wildman–Crippen LogP) is 2.59. The van der Waals surface area contributed by atoms with Crippen LogP contribution in [0.2, 0.25) is 0 Å². The van der Waals surface area contributed by atoms with Crippen molar-refractivity contribution in [3.8, 4) is 11.4 Å². The molecule has 9 heteroatoms. The van der Waals surface area contributed by atoms with E-state index < -0.39 is 0 Å². The summed E-state index contributed by atoms with van der Waals surface area (Å²) in [5.74, 6) is 1.84. The van der Waals surface area contributed by atoms with Gasteiger partial charge in [-0.3, -0.25) is 14.4 Å². The van der Waals surface area contributed by atoms with Gasteiger partial charge in [-0.2, -0.15) is 5.10 Å². The quantitative estimate of drug-likeness (QED) is 0.731. The highest BCUT2D eigenvalue weighted by Gasteiger charge is 2.36. The van der Waals surface area contributed by atoms with Crippen molar-refractivity contribution in [1.82, 2.24) is 24.6 Å². The van der Waals surface area contributed by atoms with Gasteiger partial charge in [0.2, 0.25) is 11.8 Å². The number of carbonyl (C=O) groups excluding carboxylic acids is 2. The molecule has 32 heavy (non-hydrogen) atoms. The Kier molecular flexibility index (Phi) is 7.97. The van der Waals surface area contributed by atoms with Crippen molar-refractivity contribution in [1.29, 1.82) is 0 Å². The number of carbonyl (C=O) groups is 3. The van der Waals surface area contributed by atoms with Crippen LogP contribution < -0.4 is 0 Å². The molecule has 2 aliphatic heterocycles. The third-order valence-corrected chi connectivity index (χ3v) is 5.83. The van der Waals surface area contributed by atoms with Crippen LogP contribution >= 0.6 is 0 Å². The van der Waals surface area contributed by atoms with Crippen LogP contribution in [0, 0.1) is 5.92 Å². The Bertz CT molecular complexity index is 928. The van der Waals surface area contributed by atoms with Gasteiger partial charge < -0.3 is 14.9 Å². The summed E-state index contributed by atoms with van der Waals surface area (Å²) >= 11 is 0. The summed E-state index contributed by atoms with van der Waals surface area (Å²) in [6.07, 6.45) is 3.50. The second-order valence-corrected chi connectivity index (χ2v) is 8.39. The fourth-order valence-electron chi connectivity index (χ4n) is 4.33. The molecule has 2 aliphatic rings. The largest absolute Gasteiger partial charge is 0.483 e. The average molecular weight is 442 g/mol. The molecule has 9 nitrogen and oxygen atoms in total. The topological polar surface area (TPSA) is 109 Å². The van der Waals surface area contributed by atoms with E-state index in [-0.39, 0.29) is 36.8 Å². The van der Waals surface area contributed by atoms with Crippen molar-refractivity contribution in [3.05, 3.63) is 36.2 Å². The summed E-state index contributed by atoms with van der Waals surface area (Å²) in [6.45, 7) is 6.02. The summed E-state index contributed by atoms with van der Waals surface area (Å²) in [5, 5.41) is 11.6. The van der Waals surface area contributed by atoms with Crippen LogP contribution in [-0.4, -0.2) is 67.6 Å². The second-order valence-electron chi connectivity index (χ2n) is 8.39. The molecule has 172 valence electrons. The molecule has 1 fully saturated rings. The fourth-order valence-corrected chi connectivity index (χ4v) is 4.33. The molecule has 0 spiro atoms. The van der Waals surface area contributed by atoms with Gasteiger partial charge in [-0.05, 0) is 18.8 Å². The van der Waals surface area contributed by atoms with Gasteiger partial charge >= 0.3 is 0 Å². The standard InChI is InChI=1S/C22H29N5O2.CH2O2/c1-16(2)20-22-23-21(17-9-5-3-6-10-17)24-27(22)14-13-26(20)19(29)15-25-12-8-4-7-11-18(25)28;2-1-3/h3,5-6,9-10,16,20H,4,7-8,11-15H2,1-2H3;1H,(H,2,3)/t20-;/m0./s1. The molecule has 0 bridgehead atoms. The predicted molar refractivity (Wildman–Crippen MR) is 118 cm³/mol. The maximum atomic E-state index is 13.2. The lowest BCUT2D eigenvalue weighted by molar-refractivity contribution is -0.143. The molecule has 1 aromatic carbocycles. The number of hydrogen-bond acceptors (Lipinski definition) is 5. The highest BCUT2D eigenvalue weighted by atomic mass is 16.3.